The van der Waals surface area contributed by atoms with E-state index in [2.05, 4.69) is 15.3 Å². The number of hydrogen-bond donors (Lipinski definition) is 1. The lowest BCUT2D eigenvalue weighted by molar-refractivity contribution is -0.141. The average Bonchev–Trinajstić information content (AvgIpc) is 2.58. The molecular formula is C16H16N4O2. The Morgan fingerprint density at radius 2 is 2.05 bits per heavy atom. The monoisotopic (exact) mass is 296 g/mol. The molecule has 0 saturated heterocycles. The minimum atomic E-state index is -0.596. The predicted molar refractivity (Wildman–Crippen MR) is 84.1 cm³/mol. The molecule has 0 aliphatic rings. The normalized spacial score (nSPS) is 11.1. The van der Waals surface area contributed by atoms with Crippen LogP contribution in [0, 0.1) is 0 Å². The van der Waals surface area contributed by atoms with E-state index in [1.54, 1.807) is 0 Å². The molecule has 0 spiro atoms. The molecular weight excluding hydrogens is 280 g/mol. The molecule has 6 heteroatoms. The van der Waals surface area contributed by atoms with Crippen LogP contribution in [0.15, 0.2) is 59.7 Å². The van der Waals surface area contributed by atoms with Crippen LogP contribution in [0.2, 0.25) is 0 Å². The summed E-state index contributed by atoms with van der Waals surface area (Å²) in [5, 5.41) is 6.69. The number of nitrogens with one attached hydrogen (secondary N) is 1. The molecule has 0 aliphatic carbocycles. The van der Waals surface area contributed by atoms with Gasteiger partial charge >= 0.3 is 5.97 Å². The number of rotatable bonds is 6. The standard InChI is InChI=1S/C16H16N4O2/c1-22-16(21)15(13-7-3-2-4-8-13)19-14-9-5-6-12(10-14)11-18-20-17/h2-10,15,19H,11H2,1H3. The van der Waals surface area contributed by atoms with Crippen molar-refractivity contribution in [1.29, 1.82) is 0 Å². The van der Waals surface area contributed by atoms with Crippen LogP contribution < -0.4 is 5.32 Å². The molecule has 2 aromatic rings. The van der Waals surface area contributed by atoms with Crippen LogP contribution >= 0.6 is 0 Å². The van der Waals surface area contributed by atoms with E-state index in [4.69, 9.17) is 10.3 Å². The smallest absolute Gasteiger partial charge is 0.332 e. The highest BCUT2D eigenvalue weighted by atomic mass is 16.5. The summed E-state index contributed by atoms with van der Waals surface area (Å²) in [5.41, 5.74) is 10.8. The second-order valence-corrected chi connectivity index (χ2v) is 4.60. The number of methoxy groups -OCH3 is 1. The lowest BCUT2D eigenvalue weighted by Crippen LogP contribution is -2.22. The van der Waals surface area contributed by atoms with Crippen molar-refractivity contribution in [2.45, 2.75) is 12.6 Å². The molecule has 2 aromatic carbocycles. The van der Waals surface area contributed by atoms with Crippen LogP contribution in [-0.2, 0) is 16.1 Å². The molecule has 0 fully saturated rings. The maximum absolute atomic E-state index is 12.0. The first kappa shape index (κ1) is 15.4. The number of azide groups is 1. The summed E-state index contributed by atoms with van der Waals surface area (Å²) in [6, 6.07) is 16.1. The zero-order valence-electron chi connectivity index (χ0n) is 12.1. The van der Waals surface area contributed by atoms with Gasteiger partial charge in [0.15, 0.2) is 6.04 Å². The Bertz CT molecular complexity index is 682. The number of hydrogen-bond acceptors (Lipinski definition) is 4. The van der Waals surface area contributed by atoms with Gasteiger partial charge in [-0.1, -0.05) is 47.6 Å². The molecule has 1 N–H and O–H groups in total. The molecule has 1 unspecified atom stereocenters. The lowest BCUT2D eigenvalue weighted by atomic mass is 10.1. The Labute approximate surface area is 128 Å². The summed E-state index contributed by atoms with van der Waals surface area (Å²) in [7, 11) is 1.36. The third-order valence-electron chi connectivity index (χ3n) is 3.12. The molecule has 0 heterocycles. The molecule has 0 aliphatic heterocycles. The topological polar surface area (TPSA) is 87.1 Å². The van der Waals surface area contributed by atoms with Gasteiger partial charge in [0.1, 0.15) is 0 Å². The van der Waals surface area contributed by atoms with Crippen LogP contribution in [0.5, 0.6) is 0 Å². The van der Waals surface area contributed by atoms with Gasteiger partial charge in [0, 0.05) is 10.6 Å². The van der Waals surface area contributed by atoms with Crippen molar-refractivity contribution in [3.8, 4) is 0 Å². The molecule has 112 valence electrons. The van der Waals surface area contributed by atoms with Crippen molar-refractivity contribution in [2.75, 3.05) is 12.4 Å². The third-order valence-corrected chi connectivity index (χ3v) is 3.12. The van der Waals surface area contributed by atoms with Crippen molar-refractivity contribution >= 4 is 11.7 Å². The quantitative estimate of drug-likeness (QED) is 0.380. The number of nitrogens with zero attached hydrogens (tertiary/aromatic N) is 3. The zero-order valence-corrected chi connectivity index (χ0v) is 12.1. The number of esters is 1. The first-order valence-electron chi connectivity index (χ1n) is 6.73. The van der Waals surface area contributed by atoms with Gasteiger partial charge in [-0.15, -0.1) is 0 Å². The molecule has 0 amide bonds. The molecule has 2 rings (SSSR count). The fraction of sp³-hybridized carbons (Fsp3) is 0.188. The van der Waals surface area contributed by atoms with Crippen LogP contribution in [0.25, 0.3) is 10.4 Å². The highest BCUT2D eigenvalue weighted by Crippen LogP contribution is 2.22. The molecule has 6 nitrogen and oxygen atoms in total. The Balaban J connectivity index is 2.24. The highest BCUT2D eigenvalue weighted by Gasteiger charge is 2.20. The van der Waals surface area contributed by atoms with Crippen LogP contribution in [0.4, 0.5) is 5.69 Å². The van der Waals surface area contributed by atoms with Gasteiger partial charge in [-0.05, 0) is 28.8 Å². The lowest BCUT2D eigenvalue weighted by Gasteiger charge is -2.18. The second-order valence-electron chi connectivity index (χ2n) is 4.60. The molecule has 0 bridgehead atoms. The zero-order chi connectivity index (χ0) is 15.8. The highest BCUT2D eigenvalue weighted by molar-refractivity contribution is 5.81. The van der Waals surface area contributed by atoms with E-state index in [1.165, 1.54) is 7.11 Å². The Morgan fingerprint density at radius 3 is 2.73 bits per heavy atom. The maximum atomic E-state index is 12.0. The SMILES string of the molecule is COC(=O)C(Nc1cccc(CN=[N+]=[N-])c1)c1ccccc1. The predicted octanol–water partition coefficient (Wildman–Crippen LogP) is 3.82. The minimum Gasteiger partial charge on any atom is -0.467 e. The first-order chi connectivity index (χ1) is 10.7. The molecule has 0 radical (unpaired) electrons. The maximum Gasteiger partial charge on any atom is 0.332 e. The Hall–Kier alpha value is -2.98. The number of carbonyl (C=O) groups excluding carboxylic acids is 1. The van der Waals surface area contributed by atoms with Gasteiger partial charge in [-0.2, -0.15) is 0 Å². The van der Waals surface area contributed by atoms with Gasteiger partial charge in [0.05, 0.1) is 13.7 Å². The van der Waals surface area contributed by atoms with Crippen LogP contribution in [0.3, 0.4) is 0 Å². The minimum absolute atomic E-state index is 0.264. The molecule has 1 atom stereocenters. The molecule has 0 saturated carbocycles. The van der Waals surface area contributed by atoms with Gasteiger partial charge in [0.2, 0.25) is 0 Å². The van der Waals surface area contributed by atoms with Crippen molar-refractivity contribution < 1.29 is 9.53 Å². The third kappa shape index (κ3) is 4.01. The van der Waals surface area contributed by atoms with Crippen molar-refractivity contribution in [3.63, 3.8) is 0 Å². The average molecular weight is 296 g/mol. The van der Waals surface area contributed by atoms with Crippen LogP contribution in [-0.4, -0.2) is 13.1 Å². The summed E-state index contributed by atoms with van der Waals surface area (Å²) < 4.78 is 4.87. The molecule has 22 heavy (non-hydrogen) atoms. The van der Waals surface area contributed by atoms with Crippen molar-refractivity contribution in [3.05, 3.63) is 76.2 Å². The fourth-order valence-corrected chi connectivity index (χ4v) is 2.08. The van der Waals surface area contributed by atoms with Gasteiger partial charge in [-0.3, -0.25) is 0 Å². The molecule has 0 aromatic heterocycles. The van der Waals surface area contributed by atoms with E-state index in [1.807, 2.05) is 54.6 Å². The van der Waals surface area contributed by atoms with E-state index >= 15 is 0 Å². The van der Waals surface area contributed by atoms with Crippen LogP contribution in [0.1, 0.15) is 17.2 Å². The fourth-order valence-electron chi connectivity index (χ4n) is 2.08. The largest absolute Gasteiger partial charge is 0.467 e. The number of benzene rings is 2. The summed E-state index contributed by atoms with van der Waals surface area (Å²) in [5.74, 6) is -0.369. The second kappa shape index (κ2) is 7.71. The van der Waals surface area contributed by atoms with E-state index in [0.717, 1.165) is 16.8 Å². The van der Waals surface area contributed by atoms with Gasteiger partial charge < -0.3 is 10.1 Å². The van der Waals surface area contributed by atoms with E-state index < -0.39 is 6.04 Å². The first-order valence-corrected chi connectivity index (χ1v) is 6.73. The van der Waals surface area contributed by atoms with E-state index in [9.17, 15) is 4.79 Å². The summed E-state index contributed by atoms with van der Waals surface area (Å²) in [6.45, 7) is 0.264. The van der Waals surface area contributed by atoms with Gasteiger partial charge in [0.25, 0.3) is 0 Å². The summed E-state index contributed by atoms with van der Waals surface area (Å²) in [4.78, 5) is 14.8. The summed E-state index contributed by atoms with van der Waals surface area (Å²) >= 11 is 0. The van der Waals surface area contributed by atoms with Crippen molar-refractivity contribution in [2.24, 2.45) is 5.11 Å². The Kier molecular flexibility index (Phi) is 5.40. The van der Waals surface area contributed by atoms with E-state index in [-0.39, 0.29) is 12.5 Å². The number of carbonyl (C=O) groups is 1. The number of ether oxygens (including phenoxy) is 1. The summed E-state index contributed by atoms with van der Waals surface area (Å²) in [6.07, 6.45) is 0. The van der Waals surface area contributed by atoms with Gasteiger partial charge in [-0.25, -0.2) is 4.79 Å². The Morgan fingerprint density at radius 1 is 1.27 bits per heavy atom. The van der Waals surface area contributed by atoms with Crippen molar-refractivity contribution in [1.82, 2.24) is 0 Å². The van der Waals surface area contributed by atoms with E-state index in [0.29, 0.717) is 0 Å². The number of anilines is 1.